The summed E-state index contributed by atoms with van der Waals surface area (Å²) < 4.78 is 42.3. The average Bonchev–Trinajstić information content (AvgIpc) is 2.45. The van der Waals surface area contributed by atoms with Crippen LogP contribution in [0, 0.1) is 10.1 Å². The van der Waals surface area contributed by atoms with Crippen LogP contribution in [-0.4, -0.2) is 17.0 Å². The van der Waals surface area contributed by atoms with Crippen LogP contribution in [0.5, 0.6) is 5.75 Å². The smallest absolute Gasteiger partial charge is 0.416 e. The Bertz CT molecular complexity index is 669. The largest absolute Gasteiger partial charge is 0.489 e. The Kier molecular flexibility index (Phi) is 3.79. The number of rotatable bonds is 3. The lowest BCUT2D eigenvalue weighted by atomic mass is 10.1. The Morgan fingerprint density at radius 3 is 2.29 bits per heavy atom. The SMILES string of the molecule is COc1cc(-c2ccc(C(F)(F)F)cc2)cnc1[N+](=O)[O-]. The van der Waals surface area contributed by atoms with Crippen molar-refractivity contribution in [3.05, 3.63) is 52.2 Å². The van der Waals surface area contributed by atoms with Crippen molar-refractivity contribution in [2.24, 2.45) is 0 Å². The molecule has 21 heavy (non-hydrogen) atoms. The second-order valence-corrected chi connectivity index (χ2v) is 4.08. The van der Waals surface area contributed by atoms with Gasteiger partial charge in [0, 0.05) is 11.6 Å². The predicted molar refractivity (Wildman–Crippen MR) is 67.9 cm³/mol. The minimum Gasteiger partial charge on any atom is -0.489 e. The number of nitro groups is 1. The fourth-order valence-corrected chi connectivity index (χ4v) is 1.73. The van der Waals surface area contributed by atoms with Crippen molar-refractivity contribution in [3.8, 4) is 16.9 Å². The summed E-state index contributed by atoms with van der Waals surface area (Å²) in [6, 6.07) is 5.76. The summed E-state index contributed by atoms with van der Waals surface area (Å²) in [5.74, 6) is -0.509. The third kappa shape index (κ3) is 3.10. The first-order valence-electron chi connectivity index (χ1n) is 5.69. The van der Waals surface area contributed by atoms with Gasteiger partial charge in [0.25, 0.3) is 0 Å². The highest BCUT2D eigenvalue weighted by Gasteiger charge is 2.30. The number of ether oxygens (including phenoxy) is 1. The van der Waals surface area contributed by atoms with Gasteiger partial charge >= 0.3 is 12.0 Å². The maximum atomic E-state index is 12.5. The van der Waals surface area contributed by atoms with Crippen molar-refractivity contribution in [1.82, 2.24) is 4.98 Å². The van der Waals surface area contributed by atoms with Gasteiger partial charge in [-0.05, 0) is 27.6 Å². The van der Waals surface area contributed by atoms with E-state index in [-0.39, 0.29) is 5.75 Å². The molecular formula is C13H9F3N2O3. The van der Waals surface area contributed by atoms with Crippen molar-refractivity contribution >= 4 is 5.82 Å². The van der Waals surface area contributed by atoms with Gasteiger partial charge < -0.3 is 14.9 Å². The Hall–Kier alpha value is -2.64. The molecule has 1 heterocycles. The quantitative estimate of drug-likeness (QED) is 0.640. The zero-order chi connectivity index (χ0) is 15.6. The van der Waals surface area contributed by atoms with Gasteiger partial charge in [-0.1, -0.05) is 12.1 Å². The van der Waals surface area contributed by atoms with Gasteiger partial charge in [-0.3, -0.25) is 0 Å². The number of halogens is 3. The third-order valence-electron chi connectivity index (χ3n) is 2.77. The van der Waals surface area contributed by atoms with E-state index in [1.54, 1.807) is 0 Å². The van der Waals surface area contributed by atoms with Crippen LogP contribution in [-0.2, 0) is 6.18 Å². The molecule has 0 aliphatic heterocycles. The van der Waals surface area contributed by atoms with Crippen LogP contribution in [0.3, 0.4) is 0 Å². The van der Waals surface area contributed by atoms with Crippen LogP contribution in [0.2, 0.25) is 0 Å². The highest BCUT2D eigenvalue weighted by molar-refractivity contribution is 5.66. The van der Waals surface area contributed by atoms with Crippen LogP contribution in [0.1, 0.15) is 5.56 Å². The van der Waals surface area contributed by atoms with Gasteiger partial charge in [-0.15, -0.1) is 0 Å². The molecule has 8 heteroatoms. The maximum Gasteiger partial charge on any atom is 0.416 e. The number of nitrogens with zero attached hydrogens (tertiary/aromatic N) is 2. The lowest BCUT2D eigenvalue weighted by molar-refractivity contribution is -0.390. The molecule has 0 amide bonds. The first kappa shape index (κ1) is 14.8. The molecule has 0 saturated heterocycles. The molecule has 110 valence electrons. The van der Waals surface area contributed by atoms with E-state index in [9.17, 15) is 23.3 Å². The summed E-state index contributed by atoms with van der Waals surface area (Å²) in [5, 5.41) is 10.7. The van der Waals surface area contributed by atoms with Crippen molar-refractivity contribution < 1.29 is 22.8 Å². The number of alkyl halides is 3. The first-order chi connectivity index (χ1) is 9.82. The van der Waals surface area contributed by atoms with E-state index >= 15 is 0 Å². The van der Waals surface area contributed by atoms with Gasteiger partial charge in [0.05, 0.1) is 12.7 Å². The van der Waals surface area contributed by atoms with Crippen molar-refractivity contribution in [1.29, 1.82) is 0 Å². The average molecular weight is 298 g/mol. The van der Waals surface area contributed by atoms with Gasteiger partial charge in [0.2, 0.25) is 5.75 Å². The number of methoxy groups -OCH3 is 1. The molecule has 2 rings (SSSR count). The normalized spacial score (nSPS) is 11.2. The van der Waals surface area contributed by atoms with Crippen LogP contribution in [0.4, 0.5) is 19.0 Å². The fraction of sp³-hybridized carbons (Fsp3) is 0.154. The van der Waals surface area contributed by atoms with Crippen LogP contribution >= 0.6 is 0 Å². The summed E-state index contributed by atoms with van der Waals surface area (Å²) in [7, 11) is 1.25. The molecule has 1 aromatic heterocycles. The number of pyridine rings is 1. The molecule has 0 radical (unpaired) electrons. The molecule has 0 saturated carbocycles. The number of hydrogen-bond donors (Lipinski definition) is 0. The topological polar surface area (TPSA) is 65.3 Å². The van der Waals surface area contributed by atoms with E-state index in [1.165, 1.54) is 31.5 Å². The van der Waals surface area contributed by atoms with E-state index < -0.39 is 22.5 Å². The highest BCUT2D eigenvalue weighted by Crippen LogP contribution is 2.33. The van der Waals surface area contributed by atoms with E-state index in [4.69, 9.17) is 4.74 Å². The molecule has 0 bridgehead atoms. The number of benzene rings is 1. The lowest BCUT2D eigenvalue weighted by Gasteiger charge is -2.08. The molecule has 1 aromatic carbocycles. The molecule has 0 aliphatic rings. The molecular weight excluding hydrogens is 289 g/mol. The van der Waals surface area contributed by atoms with Gasteiger partial charge in [0.15, 0.2) is 0 Å². The Morgan fingerprint density at radius 1 is 1.19 bits per heavy atom. The highest BCUT2D eigenvalue weighted by atomic mass is 19.4. The maximum absolute atomic E-state index is 12.5. The van der Waals surface area contributed by atoms with Crippen LogP contribution in [0.15, 0.2) is 36.5 Å². The predicted octanol–water partition coefficient (Wildman–Crippen LogP) is 3.68. The minimum absolute atomic E-state index is 0.0580. The fourth-order valence-electron chi connectivity index (χ4n) is 1.73. The van der Waals surface area contributed by atoms with E-state index in [0.717, 1.165) is 12.1 Å². The van der Waals surface area contributed by atoms with E-state index in [0.29, 0.717) is 11.1 Å². The summed E-state index contributed by atoms with van der Waals surface area (Å²) >= 11 is 0. The monoisotopic (exact) mass is 298 g/mol. The minimum atomic E-state index is -4.41. The standard InChI is InChI=1S/C13H9F3N2O3/c1-21-11-6-9(7-17-12(11)18(19)20)8-2-4-10(5-3-8)13(14,15)16/h2-7H,1H3. The molecule has 0 fully saturated rings. The lowest BCUT2D eigenvalue weighted by Crippen LogP contribution is -2.04. The molecule has 0 unspecified atom stereocenters. The molecule has 5 nitrogen and oxygen atoms in total. The summed E-state index contributed by atoms with van der Waals surface area (Å²) in [5.41, 5.74) is 0.1000. The molecule has 2 aromatic rings. The molecule has 0 aliphatic carbocycles. The second kappa shape index (κ2) is 5.39. The van der Waals surface area contributed by atoms with Crippen molar-refractivity contribution in [3.63, 3.8) is 0 Å². The van der Waals surface area contributed by atoms with Crippen molar-refractivity contribution in [2.45, 2.75) is 6.18 Å². The van der Waals surface area contributed by atoms with Crippen LogP contribution in [0.25, 0.3) is 11.1 Å². The molecule has 0 spiro atoms. The van der Waals surface area contributed by atoms with E-state index in [1.807, 2.05) is 0 Å². The zero-order valence-corrected chi connectivity index (χ0v) is 10.7. The first-order valence-corrected chi connectivity index (χ1v) is 5.69. The van der Waals surface area contributed by atoms with Crippen molar-refractivity contribution in [2.75, 3.05) is 7.11 Å². The summed E-state index contributed by atoms with van der Waals surface area (Å²) in [6.45, 7) is 0. The molecule has 0 atom stereocenters. The third-order valence-corrected chi connectivity index (χ3v) is 2.77. The van der Waals surface area contributed by atoms with E-state index in [2.05, 4.69) is 4.98 Å². The second-order valence-electron chi connectivity index (χ2n) is 4.08. The number of aromatic nitrogens is 1. The number of hydrogen-bond acceptors (Lipinski definition) is 4. The van der Waals surface area contributed by atoms with Gasteiger partial charge in [0.1, 0.15) is 6.20 Å². The Morgan fingerprint density at radius 2 is 1.81 bits per heavy atom. The zero-order valence-electron chi connectivity index (χ0n) is 10.7. The van der Waals surface area contributed by atoms with Gasteiger partial charge in [-0.2, -0.15) is 13.2 Å². The summed E-state index contributed by atoms with van der Waals surface area (Å²) in [6.07, 6.45) is -3.20. The van der Waals surface area contributed by atoms with Crippen LogP contribution < -0.4 is 4.74 Å². The Labute approximate surface area is 117 Å². The summed E-state index contributed by atoms with van der Waals surface area (Å²) in [4.78, 5) is 13.7. The molecule has 0 N–H and O–H groups in total. The van der Waals surface area contributed by atoms with Gasteiger partial charge in [-0.25, -0.2) is 0 Å². The Balaban J connectivity index is 2.41.